The maximum Gasteiger partial charge on any atom is 0.346 e. The van der Waals surface area contributed by atoms with E-state index < -0.39 is 0 Å². The van der Waals surface area contributed by atoms with Crippen LogP contribution in [0.25, 0.3) is 0 Å². The van der Waals surface area contributed by atoms with Gasteiger partial charge in [0.15, 0.2) is 0 Å². The first kappa shape index (κ1) is 12.5. The van der Waals surface area contributed by atoms with Gasteiger partial charge in [0.1, 0.15) is 0 Å². The molecule has 1 saturated carbocycles. The molecule has 102 valence electrons. The average Bonchev–Trinajstić information content (AvgIpc) is 2.43. The SMILES string of the molecule is CCOC1=NC(=O)N(C)[C@H]2C=C3CCCCC3=C[C@@H]12. The lowest BCUT2D eigenvalue weighted by Crippen LogP contribution is -2.48. The summed E-state index contributed by atoms with van der Waals surface area (Å²) in [5.41, 5.74) is 2.85. The number of hydrogen-bond acceptors (Lipinski definition) is 2. The molecular formula is C15H20N2O2. The predicted octanol–water partition coefficient (Wildman–Crippen LogP) is 2.91. The maximum atomic E-state index is 11.9. The molecule has 1 fully saturated rings. The fourth-order valence-corrected chi connectivity index (χ4v) is 3.18. The van der Waals surface area contributed by atoms with Crippen molar-refractivity contribution >= 4 is 11.9 Å². The third kappa shape index (κ3) is 2.09. The van der Waals surface area contributed by atoms with Crippen molar-refractivity contribution in [3.63, 3.8) is 0 Å². The molecule has 1 aliphatic heterocycles. The summed E-state index contributed by atoms with van der Waals surface area (Å²) in [5.74, 6) is 0.684. The molecule has 0 aromatic heterocycles. The van der Waals surface area contributed by atoms with Crippen LogP contribution in [-0.4, -0.2) is 36.5 Å². The van der Waals surface area contributed by atoms with Crippen molar-refractivity contribution in [3.8, 4) is 0 Å². The third-order valence-electron chi connectivity index (χ3n) is 4.21. The Bertz CT molecular complexity index is 490. The second-order valence-corrected chi connectivity index (χ2v) is 5.38. The van der Waals surface area contributed by atoms with E-state index in [4.69, 9.17) is 4.74 Å². The summed E-state index contributed by atoms with van der Waals surface area (Å²) in [5, 5.41) is 0. The summed E-state index contributed by atoms with van der Waals surface area (Å²) in [6.07, 6.45) is 9.33. The van der Waals surface area contributed by atoms with Gasteiger partial charge in [-0.15, -0.1) is 0 Å². The standard InChI is InChI=1S/C15H20N2O2/c1-3-19-14-12-8-10-6-4-5-7-11(10)9-13(12)17(2)15(18)16-14/h8-9,12-13H,3-7H2,1-2H3/t12-,13+/m1/s1. The van der Waals surface area contributed by atoms with Gasteiger partial charge in [-0.2, -0.15) is 4.99 Å². The molecule has 2 atom stereocenters. The van der Waals surface area contributed by atoms with E-state index in [0.717, 1.165) is 12.8 Å². The molecule has 0 saturated heterocycles. The molecule has 2 amide bonds. The van der Waals surface area contributed by atoms with Gasteiger partial charge in [0, 0.05) is 7.05 Å². The van der Waals surface area contributed by atoms with E-state index in [0.29, 0.717) is 12.5 Å². The first-order valence-corrected chi connectivity index (χ1v) is 7.10. The molecule has 2 aliphatic carbocycles. The van der Waals surface area contributed by atoms with Gasteiger partial charge >= 0.3 is 6.03 Å². The van der Waals surface area contributed by atoms with E-state index in [1.807, 2.05) is 14.0 Å². The van der Waals surface area contributed by atoms with Crippen molar-refractivity contribution in [2.75, 3.05) is 13.7 Å². The molecule has 0 aromatic rings. The normalized spacial score (nSPS) is 29.9. The summed E-state index contributed by atoms with van der Waals surface area (Å²) < 4.78 is 5.58. The highest BCUT2D eigenvalue weighted by Gasteiger charge is 2.38. The molecule has 1 heterocycles. The molecule has 0 aromatic carbocycles. The van der Waals surface area contributed by atoms with E-state index in [9.17, 15) is 4.79 Å². The highest BCUT2D eigenvalue weighted by atomic mass is 16.5. The van der Waals surface area contributed by atoms with Crippen LogP contribution in [0, 0.1) is 5.92 Å². The number of fused-ring (bicyclic) bond motifs is 2. The molecule has 0 unspecified atom stereocenters. The molecule has 4 nitrogen and oxygen atoms in total. The van der Waals surface area contributed by atoms with Crippen LogP contribution in [0.5, 0.6) is 0 Å². The number of carbonyl (C=O) groups excluding carboxylic acids is 1. The van der Waals surface area contributed by atoms with Crippen molar-refractivity contribution in [2.24, 2.45) is 10.9 Å². The van der Waals surface area contributed by atoms with E-state index in [-0.39, 0.29) is 18.0 Å². The molecule has 3 rings (SSSR count). The first-order valence-electron chi connectivity index (χ1n) is 7.10. The van der Waals surface area contributed by atoms with Crippen LogP contribution >= 0.6 is 0 Å². The summed E-state index contributed by atoms with van der Waals surface area (Å²) in [6, 6.07) is -0.127. The molecule has 0 bridgehead atoms. The number of amides is 2. The van der Waals surface area contributed by atoms with Crippen LogP contribution in [-0.2, 0) is 4.74 Å². The van der Waals surface area contributed by atoms with Gasteiger partial charge in [0.25, 0.3) is 0 Å². The molecular weight excluding hydrogens is 240 g/mol. The van der Waals surface area contributed by atoms with Crippen molar-refractivity contribution in [1.29, 1.82) is 0 Å². The highest BCUT2D eigenvalue weighted by Crippen LogP contribution is 2.37. The van der Waals surface area contributed by atoms with Crippen LogP contribution in [0.3, 0.4) is 0 Å². The Morgan fingerprint density at radius 1 is 1.32 bits per heavy atom. The van der Waals surface area contributed by atoms with Gasteiger partial charge in [-0.3, -0.25) is 0 Å². The van der Waals surface area contributed by atoms with Crippen molar-refractivity contribution < 1.29 is 9.53 Å². The largest absolute Gasteiger partial charge is 0.480 e. The maximum absolute atomic E-state index is 11.9. The number of ether oxygens (including phenoxy) is 1. The number of hydrogen-bond donors (Lipinski definition) is 0. The Balaban J connectivity index is 1.98. The van der Waals surface area contributed by atoms with Crippen LogP contribution in [0.15, 0.2) is 28.3 Å². The number of nitrogens with zero attached hydrogens (tertiary/aromatic N) is 2. The monoisotopic (exact) mass is 260 g/mol. The van der Waals surface area contributed by atoms with Crippen molar-refractivity contribution in [1.82, 2.24) is 4.90 Å². The lowest BCUT2D eigenvalue weighted by Gasteiger charge is -2.38. The molecule has 0 radical (unpaired) electrons. The van der Waals surface area contributed by atoms with Crippen LogP contribution in [0.1, 0.15) is 32.6 Å². The Morgan fingerprint density at radius 2 is 2.00 bits per heavy atom. The quantitative estimate of drug-likeness (QED) is 0.727. The minimum atomic E-state index is -0.200. The lowest BCUT2D eigenvalue weighted by molar-refractivity contribution is 0.188. The third-order valence-corrected chi connectivity index (χ3v) is 4.21. The Morgan fingerprint density at radius 3 is 2.68 bits per heavy atom. The fraction of sp³-hybridized carbons (Fsp3) is 0.600. The predicted molar refractivity (Wildman–Crippen MR) is 74.1 cm³/mol. The average molecular weight is 260 g/mol. The zero-order chi connectivity index (χ0) is 13.4. The summed E-state index contributed by atoms with van der Waals surface area (Å²) in [7, 11) is 1.82. The van der Waals surface area contributed by atoms with E-state index in [1.54, 1.807) is 4.90 Å². The fourth-order valence-electron chi connectivity index (χ4n) is 3.18. The second kappa shape index (κ2) is 4.83. The number of rotatable bonds is 1. The van der Waals surface area contributed by atoms with Crippen molar-refractivity contribution in [2.45, 2.75) is 38.6 Å². The number of likely N-dealkylation sites (N-methyl/N-ethyl adjacent to an activating group) is 1. The topological polar surface area (TPSA) is 41.9 Å². The number of aliphatic imine (C=N–C) groups is 1. The number of carbonyl (C=O) groups is 1. The van der Waals surface area contributed by atoms with Gasteiger partial charge in [-0.1, -0.05) is 12.2 Å². The van der Waals surface area contributed by atoms with E-state index >= 15 is 0 Å². The zero-order valence-corrected chi connectivity index (χ0v) is 11.6. The summed E-state index contributed by atoms with van der Waals surface area (Å²) >= 11 is 0. The number of urea groups is 1. The van der Waals surface area contributed by atoms with Gasteiger partial charge in [0.2, 0.25) is 5.90 Å². The van der Waals surface area contributed by atoms with E-state index in [1.165, 1.54) is 24.0 Å². The molecule has 4 heteroatoms. The van der Waals surface area contributed by atoms with Crippen LogP contribution < -0.4 is 0 Å². The Hall–Kier alpha value is -1.58. The summed E-state index contributed by atoms with van der Waals surface area (Å²) in [4.78, 5) is 17.7. The second-order valence-electron chi connectivity index (χ2n) is 5.38. The van der Waals surface area contributed by atoms with Crippen LogP contribution in [0.2, 0.25) is 0 Å². The van der Waals surface area contributed by atoms with Crippen LogP contribution in [0.4, 0.5) is 4.79 Å². The van der Waals surface area contributed by atoms with Crippen molar-refractivity contribution in [3.05, 3.63) is 23.3 Å². The zero-order valence-electron chi connectivity index (χ0n) is 11.6. The Kier molecular flexibility index (Phi) is 3.17. The smallest absolute Gasteiger partial charge is 0.346 e. The van der Waals surface area contributed by atoms with Gasteiger partial charge in [-0.25, -0.2) is 4.79 Å². The van der Waals surface area contributed by atoms with Gasteiger partial charge in [0.05, 0.1) is 18.6 Å². The van der Waals surface area contributed by atoms with E-state index in [2.05, 4.69) is 17.1 Å². The molecule has 0 spiro atoms. The summed E-state index contributed by atoms with van der Waals surface area (Å²) in [6.45, 7) is 2.48. The number of allylic oxidation sites excluding steroid dienone is 2. The lowest BCUT2D eigenvalue weighted by atomic mass is 9.79. The minimum Gasteiger partial charge on any atom is -0.480 e. The molecule has 3 aliphatic rings. The first-order chi connectivity index (χ1) is 9.20. The minimum absolute atomic E-state index is 0.0726. The molecule has 0 N–H and O–H groups in total. The highest BCUT2D eigenvalue weighted by molar-refractivity contribution is 5.96. The van der Waals surface area contributed by atoms with Gasteiger partial charge < -0.3 is 9.64 Å². The molecule has 19 heavy (non-hydrogen) atoms. The van der Waals surface area contributed by atoms with Gasteiger partial charge in [-0.05, 0) is 43.8 Å². The Labute approximate surface area is 113 Å².